The summed E-state index contributed by atoms with van der Waals surface area (Å²) in [5.74, 6) is -1.97. The predicted molar refractivity (Wildman–Crippen MR) is 77.9 cm³/mol. The molecule has 0 unspecified atom stereocenters. The largest absolute Gasteiger partial charge is 0.478 e. The van der Waals surface area contributed by atoms with Crippen molar-refractivity contribution in [3.05, 3.63) is 35.4 Å². The molecule has 1 aromatic carbocycles. The summed E-state index contributed by atoms with van der Waals surface area (Å²) >= 11 is 0. The summed E-state index contributed by atoms with van der Waals surface area (Å²) in [5.41, 5.74) is -0.777. The van der Waals surface area contributed by atoms with Crippen molar-refractivity contribution in [3.8, 4) is 0 Å². The number of hydrogen-bond donors (Lipinski definition) is 2. The van der Waals surface area contributed by atoms with Gasteiger partial charge in [0.2, 0.25) is 0 Å². The van der Waals surface area contributed by atoms with Crippen molar-refractivity contribution < 1.29 is 29.0 Å². The molecule has 1 amide bonds. The molecule has 120 valence electrons. The summed E-state index contributed by atoms with van der Waals surface area (Å²) in [6.45, 7) is 5.17. The normalized spacial score (nSPS) is 10.7. The first-order valence-corrected chi connectivity index (χ1v) is 6.67. The van der Waals surface area contributed by atoms with E-state index < -0.39 is 23.6 Å². The van der Waals surface area contributed by atoms with Crippen molar-refractivity contribution in [2.45, 2.75) is 26.4 Å². The number of carboxylic acids is 1. The van der Waals surface area contributed by atoms with E-state index in [4.69, 9.17) is 14.6 Å². The minimum Gasteiger partial charge on any atom is -0.478 e. The molecular weight excluding hydrogens is 290 g/mol. The minimum atomic E-state index is -1.21. The summed E-state index contributed by atoms with van der Waals surface area (Å²) in [7, 11) is 0. The zero-order chi connectivity index (χ0) is 16.8. The summed E-state index contributed by atoms with van der Waals surface area (Å²) < 4.78 is 9.94. The zero-order valence-electron chi connectivity index (χ0n) is 12.7. The molecule has 0 bridgehead atoms. The van der Waals surface area contributed by atoms with Crippen LogP contribution in [-0.4, -0.2) is 41.9 Å². The lowest BCUT2D eigenvalue weighted by molar-refractivity contribution is 0.0431. The first-order chi connectivity index (χ1) is 10.2. The molecule has 0 saturated heterocycles. The van der Waals surface area contributed by atoms with Crippen molar-refractivity contribution in [1.29, 1.82) is 0 Å². The summed E-state index contributed by atoms with van der Waals surface area (Å²) in [4.78, 5) is 34.2. The van der Waals surface area contributed by atoms with Crippen LogP contribution in [-0.2, 0) is 9.47 Å². The lowest BCUT2D eigenvalue weighted by Crippen LogP contribution is -2.34. The SMILES string of the molecule is CC(C)(C)OC(=O)NCCOC(=O)c1ccccc1C(=O)O. The van der Waals surface area contributed by atoms with Crippen molar-refractivity contribution >= 4 is 18.0 Å². The number of benzene rings is 1. The number of rotatable bonds is 5. The van der Waals surface area contributed by atoms with Crippen LogP contribution in [0.1, 0.15) is 41.5 Å². The third kappa shape index (κ3) is 5.82. The third-order valence-electron chi connectivity index (χ3n) is 2.38. The van der Waals surface area contributed by atoms with Crippen molar-refractivity contribution in [2.24, 2.45) is 0 Å². The Morgan fingerprint density at radius 2 is 1.73 bits per heavy atom. The number of carboxylic acid groups (broad SMARTS) is 1. The van der Waals surface area contributed by atoms with Gasteiger partial charge in [-0.05, 0) is 32.9 Å². The van der Waals surface area contributed by atoms with Crippen LogP contribution in [0.3, 0.4) is 0 Å². The fourth-order valence-electron chi connectivity index (χ4n) is 1.54. The van der Waals surface area contributed by atoms with Gasteiger partial charge in [-0.15, -0.1) is 0 Å². The Morgan fingerprint density at radius 3 is 2.27 bits per heavy atom. The Hall–Kier alpha value is -2.57. The number of aromatic carboxylic acids is 1. The monoisotopic (exact) mass is 309 g/mol. The van der Waals surface area contributed by atoms with E-state index in [0.717, 1.165) is 0 Å². The zero-order valence-corrected chi connectivity index (χ0v) is 12.7. The molecule has 7 heteroatoms. The highest BCUT2D eigenvalue weighted by molar-refractivity contribution is 6.02. The van der Waals surface area contributed by atoms with Crippen molar-refractivity contribution in [1.82, 2.24) is 5.32 Å². The molecule has 0 aliphatic carbocycles. The number of carbonyl (C=O) groups excluding carboxylic acids is 2. The van der Waals surface area contributed by atoms with Crippen LogP contribution in [0.25, 0.3) is 0 Å². The molecular formula is C15H19NO6. The second-order valence-electron chi connectivity index (χ2n) is 5.42. The molecule has 0 spiro atoms. The average Bonchev–Trinajstić information content (AvgIpc) is 2.41. The molecule has 0 heterocycles. The molecule has 7 nitrogen and oxygen atoms in total. The van der Waals surface area contributed by atoms with Crippen LogP contribution in [0, 0.1) is 0 Å². The maximum Gasteiger partial charge on any atom is 0.407 e. The van der Waals surface area contributed by atoms with Gasteiger partial charge in [-0.1, -0.05) is 12.1 Å². The Bertz CT molecular complexity index is 561. The predicted octanol–water partition coefficient (Wildman–Crippen LogP) is 2.07. The summed E-state index contributed by atoms with van der Waals surface area (Å²) in [5, 5.41) is 11.4. The second-order valence-corrected chi connectivity index (χ2v) is 5.42. The molecule has 0 aromatic heterocycles. The van der Waals surface area contributed by atoms with E-state index in [1.54, 1.807) is 26.8 Å². The van der Waals surface area contributed by atoms with Gasteiger partial charge in [0.05, 0.1) is 17.7 Å². The molecule has 0 aliphatic rings. The Labute approximate surface area is 128 Å². The van der Waals surface area contributed by atoms with E-state index in [-0.39, 0.29) is 24.3 Å². The maximum absolute atomic E-state index is 11.8. The first kappa shape index (κ1) is 17.5. The van der Waals surface area contributed by atoms with E-state index >= 15 is 0 Å². The second kappa shape index (κ2) is 7.44. The van der Waals surface area contributed by atoms with Crippen LogP contribution in [0.2, 0.25) is 0 Å². The van der Waals surface area contributed by atoms with Crippen LogP contribution in [0.4, 0.5) is 4.79 Å². The molecule has 2 N–H and O–H groups in total. The van der Waals surface area contributed by atoms with E-state index in [2.05, 4.69) is 5.32 Å². The fourth-order valence-corrected chi connectivity index (χ4v) is 1.54. The molecule has 22 heavy (non-hydrogen) atoms. The Balaban J connectivity index is 2.45. The van der Waals surface area contributed by atoms with Gasteiger partial charge in [0.25, 0.3) is 0 Å². The van der Waals surface area contributed by atoms with Crippen molar-refractivity contribution in [2.75, 3.05) is 13.2 Å². The molecule has 0 fully saturated rings. The highest BCUT2D eigenvalue weighted by atomic mass is 16.6. The highest BCUT2D eigenvalue weighted by Crippen LogP contribution is 2.10. The van der Waals surface area contributed by atoms with Crippen LogP contribution in [0.5, 0.6) is 0 Å². The summed E-state index contributed by atoms with van der Waals surface area (Å²) in [6.07, 6.45) is -0.616. The van der Waals surface area contributed by atoms with Gasteiger partial charge in [-0.25, -0.2) is 14.4 Å². The molecule has 0 saturated carbocycles. The van der Waals surface area contributed by atoms with Crippen molar-refractivity contribution in [3.63, 3.8) is 0 Å². The van der Waals surface area contributed by atoms with E-state index in [1.165, 1.54) is 18.2 Å². The quantitative estimate of drug-likeness (QED) is 0.637. The number of carbonyl (C=O) groups is 3. The summed E-state index contributed by atoms with van der Waals surface area (Å²) in [6, 6.07) is 5.75. The lowest BCUT2D eigenvalue weighted by atomic mass is 10.1. The number of ether oxygens (including phenoxy) is 2. The number of amides is 1. The van der Waals surface area contributed by atoms with Gasteiger partial charge in [0.15, 0.2) is 0 Å². The Kier molecular flexibility index (Phi) is 5.91. The van der Waals surface area contributed by atoms with Gasteiger partial charge in [-0.3, -0.25) is 0 Å². The fraction of sp³-hybridized carbons (Fsp3) is 0.400. The Morgan fingerprint density at radius 1 is 1.14 bits per heavy atom. The average molecular weight is 309 g/mol. The minimum absolute atomic E-state index is 0.0349. The van der Waals surface area contributed by atoms with Crippen LogP contribution >= 0.6 is 0 Å². The molecule has 0 atom stereocenters. The van der Waals surface area contributed by atoms with Gasteiger partial charge < -0.3 is 19.9 Å². The number of nitrogens with one attached hydrogen (secondary N) is 1. The van der Waals surface area contributed by atoms with Gasteiger partial charge in [-0.2, -0.15) is 0 Å². The molecule has 1 aromatic rings. The number of alkyl carbamates (subject to hydrolysis) is 1. The number of esters is 1. The van der Waals surface area contributed by atoms with E-state index in [9.17, 15) is 14.4 Å². The molecule has 1 rings (SSSR count). The van der Waals surface area contributed by atoms with Gasteiger partial charge in [0, 0.05) is 0 Å². The van der Waals surface area contributed by atoms with E-state index in [1.807, 2.05) is 0 Å². The topological polar surface area (TPSA) is 102 Å². The number of hydrogen-bond acceptors (Lipinski definition) is 5. The third-order valence-corrected chi connectivity index (χ3v) is 2.38. The standard InChI is InChI=1S/C15H19NO6/c1-15(2,3)22-14(20)16-8-9-21-13(19)11-7-5-4-6-10(11)12(17)18/h4-7H,8-9H2,1-3H3,(H,16,20)(H,17,18). The smallest absolute Gasteiger partial charge is 0.407 e. The van der Waals surface area contributed by atoms with Crippen LogP contribution in [0.15, 0.2) is 24.3 Å². The van der Waals surface area contributed by atoms with Gasteiger partial charge >= 0.3 is 18.0 Å². The molecule has 0 radical (unpaired) electrons. The van der Waals surface area contributed by atoms with Crippen LogP contribution < -0.4 is 5.32 Å². The molecule has 0 aliphatic heterocycles. The lowest BCUT2D eigenvalue weighted by Gasteiger charge is -2.19. The first-order valence-electron chi connectivity index (χ1n) is 6.67. The van der Waals surface area contributed by atoms with Gasteiger partial charge in [0.1, 0.15) is 12.2 Å². The maximum atomic E-state index is 11.8. The highest BCUT2D eigenvalue weighted by Gasteiger charge is 2.18. The van der Waals surface area contributed by atoms with E-state index in [0.29, 0.717) is 0 Å².